The Morgan fingerprint density at radius 2 is 1.59 bits per heavy atom. The van der Waals surface area contributed by atoms with Crippen molar-refractivity contribution in [1.29, 1.82) is 0 Å². The number of ketones is 1. The number of Topliss-reactive ketones (excluding diaryl/α,β-unsaturated/α-hetero) is 1. The van der Waals surface area contributed by atoms with E-state index in [2.05, 4.69) is 4.98 Å². The third-order valence-electron chi connectivity index (χ3n) is 5.41. The fraction of sp³-hybridized carbons (Fsp3) is 0.160. The fourth-order valence-corrected chi connectivity index (χ4v) is 3.77. The van der Waals surface area contributed by atoms with Crippen molar-refractivity contribution in [1.82, 2.24) is 9.88 Å². The highest BCUT2D eigenvalue weighted by atomic mass is 16.5. The average molecular weight is 430 g/mol. The molecule has 1 aliphatic rings. The summed E-state index contributed by atoms with van der Waals surface area (Å²) in [5.41, 5.74) is 1.92. The number of carbonyl (C=O) groups excluding carboxylic acids is 2. The van der Waals surface area contributed by atoms with Gasteiger partial charge in [0.15, 0.2) is 0 Å². The van der Waals surface area contributed by atoms with Gasteiger partial charge >= 0.3 is 0 Å². The minimum atomic E-state index is -0.761. The molecule has 0 radical (unpaired) electrons. The SMILES string of the molecule is COc1ccc(/C(O)=C2\C(=O)C(=O)N(Cc3cccnc3)[C@H]2c2ccc(OC)cc2)cc1. The van der Waals surface area contributed by atoms with Gasteiger partial charge in [-0.25, -0.2) is 0 Å². The standard InChI is InChI=1S/C25H22N2O5/c1-31-19-9-5-17(6-10-19)22-21(23(28)18-7-11-20(32-2)12-8-18)24(29)25(30)27(22)15-16-4-3-13-26-14-16/h3-14,22,28H,15H2,1-2H3/b23-21+/t22-/m0/s1. The van der Waals surface area contributed by atoms with Gasteiger partial charge in [-0.05, 0) is 53.6 Å². The van der Waals surface area contributed by atoms with Crippen LogP contribution >= 0.6 is 0 Å². The first-order valence-corrected chi connectivity index (χ1v) is 9.99. The number of likely N-dealkylation sites (tertiary alicyclic amines) is 1. The van der Waals surface area contributed by atoms with E-state index in [0.717, 1.165) is 5.56 Å². The van der Waals surface area contributed by atoms with E-state index in [1.165, 1.54) is 4.90 Å². The van der Waals surface area contributed by atoms with Gasteiger partial charge in [0.25, 0.3) is 11.7 Å². The first kappa shape index (κ1) is 21.1. The molecule has 7 heteroatoms. The van der Waals surface area contributed by atoms with Crippen molar-refractivity contribution < 1.29 is 24.2 Å². The van der Waals surface area contributed by atoms with E-state index < -0.39 is 17.7 Å². The van der Waals surface area contributed by atoms with Crippen molar-refractivity contribution in [2.45, 2.75) is 12.6 Å². The van der Waals surface area contributed by atoms with Crippen LogP contribution in [0.4, 0.5) is 0 Å². The number of aliphatic hydroxyl groups is 1. The quantitative estimate of drug-likeness (QED) is 0.364. The maximum Gasteiger partial charge on any atom is 0.295 e. The fourth-order valence-electron chi connectivity index (χ4n) is 3.77. The monoisotopic (exact) mass is 430 g/mol. The lowest BCUT2D eigenvalue weighted by atomic mass is 9.95. The van der Waals surface area contributed by atoms with Crippen molar-refractivity contribution in [2.75, 3.05) is 14.2 Å². The van der Waals surface area contributed by atoms with E-state index in [0.29, 0.717) is 22.6 Å². The summed E-state index contributed by atoms with van der Waals surface area (Å²) >= 11 is 0. The number of ether oxygens (including phenoxy) is 2. The van der Waals surface area contributed by atoms with Crippen LogP contribution in [0.5, 0.6) is 11.5 Å². The highest BCUT2D eigenvalue weighted by molar-refractivity contribution is 6.46. The van der Waals surface area contributed by atoms with Gasteiger partial charge in [-0.2, -0.15) is 0 Å². The normalized spacial score (nSPS) is 17.4. The molecule has 1 aliphatic heterocycles. The summed E-state index contributed by atoms with van der Waals surface area (Å²) in [6.07, 6.45) is 3.29. The Balaban J connectivity index is 1.83. The largest absolute Gasteiger partial charge is 0.507 e. The molecule has 0 bridgehead atoms. The van der Waals surface area contributed by atoms with Crippen LogP contribution < -0.4 is 9.47 Å². The van der Waals surface area contributed by atoms with Crippen LogP contribution in [0.3, 0.4) is 0 Å². The van der Waals surface area contributed by atoms with Crippen LogP contribution in [-0.4, -0.2) is 40.9 Å². The molecule has 1 aromatic heterocycles. The van der Waals surface area contributed by atoms with Gasteiger partial charge in [-0.1, -0.05) is 18.2 Å². The average Bonchev–Trinajstić information content (AvgIpc) is 3.09. The van der Waals surface area contributed by atoms with E-state index >= 15 is 0 Å². The Morgan fingerprint density at radius 3 is 2.16 bits per heavy atom. The van der Waals surface area contributed by atoms with Gasteiger partial charge in [0.05, 0.1) is 25.8 Å². The molecular formula is C25H22N2O5. The minimum Gasteiger partial charge on any atom is -0.507 e. The number of benzene rings is 2. The van der Waals surface area contributed by atoms with Gasteiger partial charge in [-0.15, -0.1) is 0 Å². The van der Waals surface area contributed by atoms with E-state index in [1.54, 1.807) is 81.2 Å². The molecule has 0 spiro atoms. The zero-order chi connectivity index (χ0) is 22.7. The molecule has 1 fully saturated rings. The predicted molar refractivity (Wildman–Crippen MR) is 118 cm³/mol. The van der Waals surface area contributed by atoms with Crippen LogP contribution in [0.25, 0.3) is 5.76 Å². The number of pyridine rings is 1. The molecule has 1 N–H and O–H groups in total. The van der Waals surface area contributed by atoms with E-state index in [1.807, 2.05) is 6.07 Å². The van der Waals surface area contributed by atoms with Crippen LogP contribution in [0.2, 0.25) is 0 Å². The molecule has 2 heterocycles. The first-order chi connectivity index (χ1) is 15.5. The maximum absolute atomic E-state index is 13.1. The summed E-state index contributed by atoms with van der Waals surface area (Å²) in [5.74, 6) is -0.383. The molecule has 0 aliphatic carbocycles. The number of carbonyl (C=O) groups is 2. The molecular weight excluding hydrogens is 408 g/mol. The zero-order valence-corrected chi connectivity index (χ0v) is 17.7. The smallest absolute Gasteiger partial charge is 0.295 e. The second-order valence-electron chi connectivity index (χ2n) is 7.29. The van der Waals surface area contributed by atoms with Gasteiger partial charge in [0.1, 0.15) is 17.3 Å². The Bertz CT molecular complexity index is 1160. The van der Waals surface area contributed by atoms with Crippen LogP contribution in [0.15, 0.2) is 78.6 Å². The molecule has 3 aromatic rings. The summed E-state index contributed by atoms with van der Waals surface area (Å²) in [7, 11) is 3.11. The molecule has 7 nitrogen and oxygen atoms in total. The molecule has 0 unspecified atom stereocenters. The molecule has 2 aromatic carbocycles. The molecule has 162 valence electrons. The Labute approximate surface area is 185 Å². The van der Waals surface area contributed by atoms with E-state index in [4.69, 9.17) is 9.47 Å². The highest BCUT2D eigenvalue weighted by Gasteiger charge is 2.46. The Morgan fingerprint density at radius 1 is 0.969 bits per heavy atom. The highest BCUT2D eigenvalue weighted by Crippen LogP contribution is 2.40. The van der Waals surface area contributed by atoms with Gasteiger partial charge < -0.3 is 19.5 Å². The lowest BCUT2D eigenvalue weighted by molar-refractivity contribution is -0.140. The molecule has 1 atom stereocenters. The summed E-state index contributed by atoms with van der Waals surface area (Å²) < 4.78 is 10.4. The third kappa shape index (κ3) is 3.92. The van der Waals surface area contributed by atoms with Gasteiger partial charge in [-0.3, -0.25) is 14.6 Å². The summed E-state index contributed by atoms with van der Waals surface area (Å²) in [6, 6.07) is 16.6. The number of aliphatic hydroxyl groups excluding tert-OH is 1. The molecule has 1 saturated heterocycles. The number of hydrogen-bond donors (Lipinski definition) is 1. The maximum atomic E-state index is 13.1. The summed E-state index contributed by atoms with van der Waals surface area (Å²) in [6.45, 7) is 0.175. The number of nitrogens with zero attached hydrogens (tertiary/aromatic N) is 2. The summed E-state index contributed by atoms with van der Waals surface area (Å²) in [5, 5.41) is 11.1. The first-order valence-electron chi connectivity index (χ1n) is 9.99. The predicted octanol–water partition coefficient (Wildman–Crippen LogP) is 3.72. The second-order valence-corrected chi connectivity index (χ2v) is 7.29. The number of amides is 1. The second kappa shape index (κ2) is 8.93. The van der Waals surface area contributed by atoms with Crippen LogP contribution in [0, 0.1) is 0 Å². The summed E-state index contributed by atoms with van der Waals surface area (Å²) in [4.78, 5) is 31.7. The molecule has 1 amide bonds. The van der Waals surface area contributed by atoms with E-state index in [-0.39, 0.29) is 17.9 Å². The lowest BCUT2D eigenvalue weighted by Crippen LogP contribution is -2.29. The van der Waals surface area contributed by atoms with Gasteiger partial charge in [0, 0.05) is 24.5 Å². The van der Waals surface area contributed by atoms with Crippen molar-refractivity contribution in [3.8, 4) is 11.5 Å². The molecule has 4 rings (SSSR count). The lowest BCUT2D eigenvalue weighted by Gasteiger charge is -2.25. The van der Waals surface area contributed by atoms with Crippen LogP contribution in [0.1, 0.15) is 22.7 Å². The van der Waals surface area contributed by atoms with Crippen molar-refractivity contribution in [3.63, 3.8) is 0 Å². The zero-order valence-electron chi connectivity index (χ0n) is 17.7. The van der Waals surface area contributed by atoms with Crippen LogP contribution in [-0.2, 0) is 16.1 Å². The Hall–Kier alpha value is -4.13. The van der Waals surface area contributed by atoms with E-state index in [9.17, 15) is 14.7 Å². The number of methoxy groups -OCH3 is 2. The minimum absolute atomic E-state index is 0.0363. The number of aromatic nitrogens is 1. The molecule has 32 heavy (non-hydrogen) atoms. The molecule has 0 saturated carbocycles. The van der Waals surface area contributed by atoms with Crippen molar-refractivity contribution in [2.24, 2.45) is 0 Å². The third-order valence-corrected chi connectivity index (χ3v) is 5.41. The van der Waals surface area contributed by atoms with Crippen molar-refractivity contribution >= 4 is 17.4 Å². The van der Waals surface area contributed by atoms with Gasteiger partial charge in [0.2, 0.25) is 0 Å². The number of hydrogen-bond acceptors (Lipinski definition) is 6. The number of rotatable bonds is 6. The van der Waals surface area contributed by atoms with Crippen molar-refractivity contribution in [3.05, 3.63) is 95.3 Å². The topological polar surface area (TPSA) is 89.0 Å². The Kier molecular flexibility index (Phi) is 5.89.